The number of nitrogens with one attached hydrogen (secondary N) is 1. The van der Waals surface area contributed by atoms with Crippen molar-refractivity contribution >= 4 is 0 Å². The summed E-state index contributed by atoms with van der Waals surface area (Å²) in [6, 6.07) is 10.0. The number of rotatable bonds is 6. The predicted octanol–water partition coefficient (Wildman–Crippen LogP) is 2.77. The van der Waals surface area contributed by atoms with Crippen LogP contribution in [0, 0.1) is 17.2 Å². The molecule has 1 aromatic carbocycles. The fraction of sp³-hybridized carbons (Fsp3) is 0.588. The van der Waals surface area contributed by atoms with Crippen LogP contribution in [0.4, 0.5) is 0 Å². The average molecular weight is 271 g/mol. The summed E-state index contributed by atoms with van der Waals surface area (Å²) < 4.78 is 0. The van der Waals surface area contributed by atoms with Gasteiger partial charge in [-0.25, -0.2) is 0 Å². The smallest absolute Gasteiger partial charge is 0.0991 e. The summed E-state index contributed by atoms with van der Waals surface area (Å²) in [5.74, 6) is 0.673. The van der Waals surface area contributed by atoms with E-state index in [2.05, 4.69) is 29.3 Å². The third-order valence-corrected chi connectivity index (χ3v) is 3.90. The van der Waals surface area contributed by atoms with Crippen LogP contribution in [0.5, 0.6) is 0 Å². The zero-order valence-corrected chi connectivity index (χ0v) is 12.4. The van der Waals surface area contributed by atoms with Crippen LogP contribution in [0.1, 0.15) is 37.3 Å². The van der Waals surface area contributed by atoms with Crippen molar-refractivity contribution in [2.45, 2.75) is 32.7 Å². The van der Waals surface area contributed by atoms with E-state index in [9.17, 15) is 0 Å². The fourth-order valence-corrected chi connectivity index (χ4v) is 2.86. The second-order valence-corrected chi connectivity index (χ2v) is 5.91. The molecule has 1 heterocycles. The highest BCUT2D eigenvalue weighted by Crippen LogP contribution is 2.10. The van der Waals surface area contributed by atoms with Gasteiger partial charge in [0.1, 0.15) is 0 Å². The quantitative estimate of drug-likeness (QED) is 0.864. The molecular weight excluding hydrogens is 246 g/mol. The molecule has 108 valence electrons. The molecule has 3 nitrogen and oxygen atoms in total. The van der Waals surface area contributed by atoms with Crippen molar-refractivity contribution in [3.63, 3.8) is 0 Å². The van der Waals surface area contributed by atoms with Crippen LogP contribution in [0.2, 0.25) is 0 Å². The molecule has 1 aromatic rings. The van der Waals surface area contributed by atoms with Gasteiger partial charge in [-0.1, -0.05) is 25.5 Å². The van der Waals surface area contributed by atoms with E-state index in [-0.39, 0.29) is 0 Å². The van der Waals surface area contributed by atoms with E-state index in [1.165, 1.54) is 44.5 Å². The largest absolute Gasteiger partial charge is 0.312 e. The van der Waals surface area contributed by atoms with E-state index in [0.29, 0.717) is 5.92 Å². The minimum absolute atomic E-state index is 0.673. The molecule has 1 N–H and O–H groups in total. The van der Waals surface area contributed by atoms with E-state index in [1.54, 1.807) is 0 Å². The van der Waals surface area contributed by atoms with Crippen molar-refractivity contribution in [2.75, 3.05) is 26.2 Å². The average Bonchev–Trinajstić information content (AvgIpc) is 2.48. The second kappa shape index (κ2) is 8.04. The number of hydrogen-bond donors (Lipinski definition) is 1. The Morgan fingerprint density at radius 2 is 2.10 bits per heavy atom. The summed E-state index contributed by atoms with van der Waals surface area (Å²) >= 11 is 0. The molecule has 0 spiro atoms. The molecule has 0 amide bonds. The Morgan fingerprint density at radius 1 is 1.30 bits per heavy atom. The van der Waals surface area contributed by atoms with Gasteiger partial charge in [0, 0.05) is 13.1 Å². The van der Waals surface area contributed by atoms with Crippen molar-refractivity contribution in [3.05, 3.63) is 35.4 Å². The highest BCUT2D eigenvalue weighted by Gasteiger charge is 2.12. The van der Waals surface area contributed by atoms with Crippen LogP contribution >= 0.6 is 0 Å². The number of hydrogen-bond acceptors (Lipinski definition) is 3. The highest BCUT2D eigenvalue weighted by molar-refractivity contribution is 5.32. The first-order valence-corrected chi connectivity index (χ1v) is 7.70. The van der Waals surface area contributed by atoms with Crippen LogP contribution in [-0.4, -0.2) is 31.1 Å². The van der Waals surface area contributed by atoms with Gasteiger partial charge < -0.3 is 10.2 Å². The van der Waals surface area contributed by atoms with Crippen LogP contribution in [0.3, 0.4) is 0 Å². The van der Waals surface area contributed by atoms with Gasteiger partial charge in [0.05, 0.1) is 11.6 Å². The minimum Gasteiger partial charge on any atom is -0.312 e. The molecule has 2 rings (SSSR count). The van der Waals surface area contributed by atoms with E-state index in [1.807, 2.05) is 18.2 Å². The molecule has 1 atom stereocenters. The van der Waals surface area contributed by atoms with Crippen LogP contribution in [-0.2, 0) is 6.54 Å². The number of benzene rings is 1. The molecule has 0 radical (unpaired) electrons. The van der Waals surface area contributed by atoms with Crippen LogP contribution in [0.15, 0.2) is 24.3 Å². The van der Waals surface area contributed by atoms with Gasteiger partial charge in [-0.2, -0.15) is 5.26 Å². The van der Waals surface area contributed by atoms with E-state index in [4.69, 9.17) is 5.26 Å². The zero-order chi connectivity index (χ0) is 14.2. The number of piperidine rings is 1. The molecule has 0 saturated carbocycles. The monoisotopic (exact) mass is 271 g/mol. The highest BCUT2D eigenvalue weighted by atomic mass is 15.1. The summed E-state index contributed by atoms with van der Waals surface area (Å²) in [5, 5.41) is 12.4. The Bertz CT molecular complexity index is 444. The van der Waals surface area contributed by atoms with Crippen LogP contribution < -0.4 is 5.32 Å². The van der Waals surface area contributed by atoms with Gasteiger partial charge in [0.15, 0.2) is 0 Å². The first-order valence-electron chi connectivity index (χ1n) is 7.70. The molecule has 3 heteroatoms. The van der Waals surface area contributed by atoms with E-state index >= 15 is 0 Å². The summed E-state index contributed by atoms with van der Waals surface area (Å²) in [6.45, 7) is 7.94. The van der Waals surface area contributed by atoms with Gasteiger partial charge in [0.2, 0.25) is 0 Å². The molecule has 0 aromatic heterocycles. The third kappa shape index (κ3) is 4.96. The van der Waals surface area contributed by atoms with Gasteiger partial charge >= 0.3 is 0 Å². The van der Waals surface area contributed by atoms with Gasteiger partial charge in [0.25, 0.3) is 0 Å². The van der Waals surface area contributed by atoms with Crippen molar-refractivity contribution in [1.82, 2.24) is 10.2 Å². The molecule has 20 heavy (non-hydrogen) atoms. The molecule has 0 bridgehead atoms. The van der Waals surface area contributed by atoms with Gasteiger partial charge in [-0.05, 0) is 56.1 Å². The first-order chi connectivity index (χ1) is 9.78. The lowest BCUT2D eigenvalue weighted by molar-refractivity contribution is 0.199. The standard InChI is InChI=1S/C17H25N3/c1-15(14-20-8-3-2-4-9-20)12-19-13-17-7-5-6-16(10-17)11-18/h5-7,10,15,19H,2-4,8-9,12-14H2,1H3. The summed E-state index contributed by atoms with van der Waals surface area (Å²) in [5.41, 5.74) is 1.93. The zero-order valence-electron chi connectivity index (χ0n) is 12.4. The van der Waals surface area contributed by atoms with Gasteiger partial charge in [-0.15, -0.1) is 0 Å². The molecule has 1 aliphatic rings. The van der Waals surface area contributed by atoms with Crippen molar-refractivity contribution < 1.29 is 0 Å². The molecule has 0 aliphatic carbocycles. The Labute approximate surface area is 122 Å². The second-order valence-electron chi connectivity index (χ2n) is 5.91. The lowest BCUT2D eigenvalue weighted by atomic mass is 10.1. The lowest BCUT2D eigenvalue weighted by Gasteiger charge is -2.29. The van der Waals surface area contributed by atoms with Crippen molar-refractivity contribution in [2.24, 2.45) is 5.92 Å². The first kappa shape index (κ1) is 15.0. The normalized spacial score (nSPS) is 17.6. The Kier molecular flexibility index (Phi) is 6.04. The number of likely N-dealkylation sites (tertiary alicyclic amines) is 1. The molecular formula is C17H25N3. The van der Waals surface area contributed by atoms with Crippen molar-refractivity contribution in [1.29, 1.82) is 5.26 Å². The SMILES string of the molecule is CC(CNCc1cccc(C#N)c1)CN1CCCCC1. The number of nitriles is 1. The van der Waals surface area contributed by atoms with Crippen molar-refractivity contribution in [3.8, 4) is 6.07 Å². The number of nitrogens with zero attached hydrogens (tertiary/aromatic N) is 2. The summed E-state index contributed by atoms with van der Waals surface area (Å²) in [7, 11) is 0. The third-order valence-electron chi connectivity index (χ3n) is 3.90. The maximum absolute atomic E-state index is 8.88. The maximum Gasteiger partial charge on any atom is 0.0991 e. The minimum atomic E-state index is 0.673. The Hall–Kier alpha value is -1.37. The Morgan fingerprint density at radius 3 is 2.85 bits per heavy atom. The molecule has 1 aliphatic heterocycles. The fourth-order valence-electron chi connectivity index (χ4n) is 2.86. The molecule has 1 unspecified atom stereocenters. The molecule has 1 saturated heterocycles. The van der Waals surface area contributed by atoms with Gasteiger partial charge in [-0.3, -0.25) is 0 Å². The summed E-state index contributed by atoms with van der Waals surface area (Å²) in [6.07, 6.45) is 4.13. The Balaban J connectivity index is 1.68. The van der Waals surface area contributed by atoms with E-state index in [0.717, 1.165) is 18.7 Å². The summed E-state index contributed by atoms with van der Waals surface area (Å²) in [4.78, 5) is 2.59. The molecule has 1 fully saturated rings. The maximum atomic E-state index is 8.88. The topological polar surface area (TPSA) is 39.1 Å². The van der Waals surface area contributed by atoms with E-state index < -0.39 is 0 Å². The predicted molar refractivity (Wildman–Crippen MR) is 82.3 cm³/mol. The van der Waals surface area contributed by atoms with Crippen LogP contribution in [0.25, 0.3) is 0 Å². The lowest BCUT2D eigenvalue weighted by Crippen LogP contribution is -2.36.